The molecule has 0 saturated carbocycles. The summed E-state index contributed by atoms with van der Waals surface area (Å²) < 4.78 is 10.5. The molecule has 0 fully saturated rings. The molecule has 0 bridgehead atoms. The van der Waals surface area contributed by atoms with Crippen molar-refractivity contribution in [3.63, 3.8) is 0 Å². The molecule has 2 aromatic rings. The van der Waals surface area contributed by atoms with Crippen molar-refractivity contribution in [3.05, 3.63) is 77.9 Å². The third-order valence-electron chi connectivity index (χ3n) is 3.92. The zero-order chi connectivity index (χ0) is 18.1. The van der Waals surface area contributed by atoms with Crippen molar-refractivity contribution >= 4 is 5.97 Å². The Bertz CT molecular complexity index is 697. The summed E-state index contributed by atoms with van der Waals surface area (Å²) in [6, 6.07) is 17.8. The van der Waals surface area contributed by atoms with E-state index < -0.39 is 0 Å². The Kier molecular flexibility index (Phi) is 7.23. The van der Waals surface area contributed by atoms with Crippen LogP contribution in [0.5, 0.6) is 5.75 Å². The lowest BCUT2D eigenvalue weighted by Gasteiger charge is -2.22. The fourth-order valence-corrected chi connectivity index (χ4v) is 2.65. The van der Waals surface area contributed by atoms with Gasteiger partial charge in [0.15, 0.2) is 0 Å². The van der Waals surface area contributed by atoms with E-state index in [2.05, 4.69) is 24.0 Å². The predicted molar refractivity (Wildman–Crippen MR) is 99.4 cm³/mol. The number of carbonyl (C=O) groups is 1. The summed E-state index contributed by atoms with van der Waals surface area (Å²) in [6.07, 6.45) is 0.450. The Labute approximate surface area is 149 Å². The Hall–Kier alpha value is -2.59. The maximum absolute atomic E-state index is 12.0. The van der Waals surface area contributed by atoms with Gasteiger partial charge in [0.2, 0.25) is 0 Å². The van der Waals surface area contributed by atoms with Gasteiger partial charge < -0.3 is 14.8 Å². The molecule has 4 heteroatoms. The van der Waals surface area contributed by atoms with Crippen molar-refractivity contribution in [1.82, 2.24) is 5.32 Å². The number of rotatable bonds is 9. The monoisotopic (exact) mass is 339 g/mol. The molecule has 0 aromatic heterocycles. The fraction of sp³-hybridized carbons (Fsp3) is 0.286. The normalized spacial score (nSPS) is 11.6. The smallest absolute Gasteiger partial charge is 0.333 e. The van der Waals surface area contributed by atoms with E-state index in [0.717, 1.165) is 11.3 Å². The Morgan fingerprint density at radius 3 is 2.48 bits per heavy atom. The van der Waals surface area contributed by atoms with Crippen LogP contribution in [0.1, 0.15) is 30.5 Å². The van der Waals surface area contributed by atoms with E-state index >= 15 is 0 Å². The minimum Gasteiger partial charge on any atom is -0.496 e. The molecule has 25 heavy (non-hydrogen) atoms. The molecule has 1 atom stereocenters. The first-order valence-corrected chi connectivity index (χ1v) is 8.40. The highest BCUT2D eigenvalue weighted by atomic mass is 16.5. The zero-order valence-electron chi connectivity index (χ0n) is 14.8. The number of hydrogen-bond acceptors (Lipinski definition) is 4. The van der Waals surface area contributed by atoms with Gasteiger partial charge >= 0.3 is 5.97 Å². The number of methoxy groups -OCH3 is 1. The van der Waals surface area contributed by atoms with Gasteiger partial charge in [-0.2, -0.15) is 0 Å². The maximum Gasteiger partial charge on any atom is 0.333 e. The van der Waals surface area contributed by atoms with Gasteiger partial charge in [0.25, 0.3) is 0 Å². The number of esters is 1. The molecular formula is C21H25NO3. The summed E-state index contributed by atoms with van der Waals surface area (Å²) in [5.74, 6) is 0.425. The molecule has 0 saturated heterocycles. The van der Waals surface area contributed by atoms with Gasteiger partial charge in [-0.3, -0.25) is 0 Å². The second-order valence-corrected chi connectivity index (χ2v) is 5.69. The van der Waals surface area contributed by atoms with Gasteiger partial charge in [-0.1, -0.05) is 55.1 Å². The SMILES string of the molecule is C=C(C[C@@H](NCc1ccccc1)c1ccccc1OC)C(=O)OCC. The molecule has 0 aliphatic carbocycles. The van der Waals surface area contributed by atoms with Crippen LogP contribution in [0.25, 0.3) is 0 Å². The summed E-state index contributed by atoms with van der Waals surface area (Å²) in [4.78, 5) is 12.0. The van der Waals surface area contributed by atoms with Crippen LogP contribution in [-0.2, 0) is 16.1 Å². The lowest BCUT2D eigenvalue weighted by molar-refractivity contribution is -0.138. The Morgan fingerprint density at radius 2 is 1.80 bits per heavy atom. The molecule has 0 aliphatic rings. The molecular weight excluding hydrogens is 314 g/mol. The minimum atomic E-state index is -0.357. The van der Waals surface area contributed by atoms with Crippen molar-refractivity contribution in [3.8, 4) is 5.75 Å². The maximum atomic E-state index is 12.0. The van der Waals surface area contributed by atoms with Gasteiger partial charge in [0, 0.05) is 23.7 Å². The largest absolute Gasteiger partial charge is 0.496 e. The highest BCUT2D eigenvalue weighted by Crippen LogP contribution is 2.29. The molecule has 132 valence electrons. The van der Waals surface area contributed by atoms with Crippen LogP contribution < -0.4 is 10.1 Å². The average molecular weight is 339 g/mol. The first-order chi connectivity index (χ1) is 12.2. The van der Waals surface area contributed by atoms with Crippen LogP contribution in [-0.4, -0.2) is 19.7 Å². The quantitative estimate of drug-likeness (QED) is 0.553. The number of carbonyl (C=O) groups excluding carboxylic acids is 1. The molecule has 1 N–H and O–H groups in total. The molecule has 0 heterocycles. The zero-order valence-corrected chi connectivity index (χ0v) is 14.8. The standard InChI is InChI=1S/C21H25NO3/c1-4-25-21(23)16(2)14-19(18-12-8-9-13-20(18)24-3)22-15-17-10-6-5-7-11-17/h5-13,19,22H,2,4,14-15H2,1,3H3/t19-/m1/s1. The summed E-state index contributed by atoms with van der Waals surface area (Å²) >= 11 is 0. The van der Waals surface area contributed by atoms with Crippen molar-refractivity contribution in [1.29, 1.82) is 0 Å². The second kappa shape index (κ2) is 9.64. The van der Waals surface area contributed by atoms with Crippen molar-refractivity contribution in [2.75, 3.05) is 13.7 Å². The fourth-order valence-electron chi connectivity index (χ4n) is 2.65. The van der Waals surface area contributed by atoms with Crippen molar-refractivity contribution in [2.24, 2.45) is 0 Å². The van der Waals surface area contributed by atoms with E-state index in [9.17, 15) is 4.79 Å². The average Bonchev–Trinajstić information content (AvgIpc) is 2.66. The first-order valence-electron chi connectivity index (χ1n) is 8.40. The lowest BCUT2D eigenvalue weighted by atomic mass is 9.98. The molecule has 0 unspecified atom stereocenters. The topological polar surface area (TPSA) is 47.6 Å². The number of benzene rings is 2. The molecule has 0 radical (unpaired) electrons. The molecule has 0 spiro atoms. The van der Waals surface area contributed by atoms with Crippen LogP contribution in [0.4, 0.5) is 0 Å². The highest BCUT2D eigenvalue weighted by Gasteiger charge is 2.20. The number of ether oxygens (including phenoxy) is 2. The third-order valence-corrected chi connectivity index (χ3v) is 3.92. The number of para-hydroxylation sites is 1. The van der Waals surface area contributed by atoms with Crippen LogP contribution in [0.15, 0.2) is 66.7 Å². The van der Waals surface area contributed by atoms with Crippen LogP contribution in [0.3, 0.4) is 0 Å². The van der Waals surface area contributed by atoms with E-state index in [-0.39, 0.29) is 12.0 Å². The van der Waals surface area contributed by atoms with Gasteiger partial charge in [0.05, 0.1) is 13.7 Å². The van der Waals surface area contributed by atoms with E-state index in [0.29, 0.717) is 25.1 Å². The second-order valence-electron chi connectivity index (χ2n) is 5.69. The summed E-state index contributed by atoms with van der Waals surface area (Å²) in [6.45, 7) is 6.70. The van der Waals surface area contributed by atoms with Crippen LogP contribution in [0, 0.1) is 0 Å². The van der Waals surface area contributed by atoms with Crippen molar-refractivity contribution < 1.29 is 14.3 Å². The molecule has 2 rings (SSSR count). The molecule has 4 nitrogen and oxygen atoms in total. The minimum absolute atomic E-state index is 0.103. The lowest BCUT2D eigenvalue weighted by Crippen LogP contribution is -2.23. The Morgan fingerprint density at radius 1 is 1.12 bits per heavy atom. The predicted octanol–water partition coefficient (Wildman–Crippen LogP) is 4.04. The van der Waals surface area contributed by atoms with E-state index in [1.54, 1.807) is 14.0 Å². The van der Waals surface area contributed by atoms with Gasteiger partial charge in [-0.25, -0.2) is 4.79 Å². The van der Waals surface area contributed by atoms with Crippen LogP contribution in [0.2, 0.25) is 0 Å². The third kappa shape index (κ3) is 5.47. The molecule has 2 aromatic carbocycles. The first kappa shape index (κ1) is 18.7. The Balaban J connectivity index is 2.18. The van der Waals surface area contributed by atoms with Gasteiger partial charge in [-0.15, -0.1) is 0 Å². The van der Waals surface area contributed by atoms with E-state index in [1.807, 2.05) is 42.5 Å². The molecule has 0 amide bonds. The van der Waals surface area contributed by atoms with Gasteiger partial charge in [0.1, 0.15) is 5.75 Å². The number of nitrogens with one attached hydrogen (secondary N) is 1. The van der Waals surface area contributed by atoms with Gasteiger partial charge in [-0.05, 0) is 25.0 Å². The summed E-state index contributed by atoms with van der Waals surface area (Å²) in [5, 5.41) is 3.51. The van der Waals surface area contributed by atoms with E-state index in [4.69, 9.17) is 9.47 Å². The molecule has 0 aliphatic heterocycles. The number of hydrogen-bond donors (Lipinski definition) is 1. The summed E-state index contributed by atoms with van der Waals surface area (Å²) in [7, 11) is 1.65. The summed E-state index contributed by atoms with van der Waals surface area (Å²) in [5.41, 5.74) is 2.61. The van der Waals surface area contributed by atoms with Crippen LogP contribution >= 0.6 is 0 Å². The van der Waals surface area contributed by atoms with Crippen molar-refractivity contribution in [2.45, 2.75) is 25.9 Å². The highest BCUT2D eigenvalue weighted by molar-refractivity contribution is 5.87. The van der Waals surface area contributed by atoms with E-state index in [1.165, 1.54) is 5.56 Å².